The lowest BCUT2D eigenvalue weighted by Crippen LogP contribution is -2.44. The highest BCUT2D eigenvalue weighted by Gasteiger charge is 2.36. The Morgan fingerprint density at radius 3 is 2.76 bits per heavy atom. The molecular formula is C17H18F3N3O2. The Morgan fingerprint density at radius 1 is 1.16 bits per heavy atom. The lowest BCUT2D eigenvalue weighted by Gasteiger charge is -2.33. The van der Waals surface area contributed by atoms with Crippen LogP contribution >= 0.6 is 0 Å². The molecule has 5 nitrogen and oxygen atoms in total. The molecule has 0 radical (unpaired) electrons. The molecule has 0 aliphatic carbocycles. The van der Waals surface area contributed by atoms with Gasteiger partial charge in [0.05, 0.1) is 36.6 Å². The van der Waals surface area contributed by atoms with Gasteiger partial charge in [0.2, 0.25) is 0 Å². The van der Waals surface area contributed by atoms with Crippen LogP contribution in [0.15, 0.2) is 42.7 Å². The molecule has 0 amide bonds. The summed E-state index contributed by atoms with van der Waals surface area (Å²) in [7, 11) is 0. The smallest absolute Gasteiger partial charge is 0.379 e. The van der Waals surface area contributed by atoms with E-state index in [2.05, 4.69) is 15.3 Å². The SMILES string of the molecule is FC(F)(F)c1cccnc1N[C@@H]1COCC[C@H]1OCc1ccccn1. The second-order valence-corrected chi connectivity index (χ2v) is 5.68. The van der Waals surface area contributed by atoms with Gasteiger partial charge in [-0.05, 0) is 30.7 Å². The zero-order valence-corrected chi connectivity index (χ0v) is 13.4. The van der Waals surface area contributed by atoms with Crippen LogP contribution in [0, 0.1) is 0 Å². The predicted molar refractivity (Wildman–Crippen MR) is 84.9 cm³/mol. The van der Waals surface area contributed by atoms with E-state index in [0.29, 0.717) is 13.0 Å². The fourth-order valence-corrected chi connectivity index (χ4v) is 2.65. The average Bonchev–Trinajstić information content (AvgIpc) is 2.61. The van der Waals surface area contributed by atoms with Gasteiger partial charge in [0, 0.05) is 19.0 Å². The summed E-state index contributed by atoms with van der Waals surface area (Å²) in [5.74, 6) is -0.211. The number of nitrogens with zero attached hydrogens (tertiary/aromatic N) is 2. The Morgan fingerprint density at radius 2 is 2.00 bits per heavy atom. The van der Waals surface area contributed by atoms with Crippen LogP contribution in [-0.4, -0.2) is 35.3 Å². The van der Waals surface area contributed by atoms with Crippen LogP contribution in [0.2, 0.25) is 0 Å². The molecule has 2 atom stereocenters. The van der Waals surface area contributed by atoms with Gasteiger partial charge in [-0.25, -0.2) is 4.98 Å². The number of hydrogen-bond acceptors (Lipinski definition) is 5. The molecule has 3 rings (SSSR count). The standard InChI is InChI=1S/C17H18F3N3O2/c18-17(19,20)13-5-3-8-22-16(13)23-14-11-24-9-6-15(14)25-10-12-4-1-2-7-21-12/h1-5,7-8,14-15H,6,9-11H2,(H,22,23)/t14-,15-/m1/s1. The molecule has 1 aliphatic heterocycles. The largest absolute Gasteiger partial charge is 0.419 e. The maximum Gasteiger partial charge on any atom is 0.419 e. The molecule has 2 aromatic heterocycles. The van der Waals surface area contributed by atoms with Gasteiger partial charge in [-0.1, -0.05) is 6.07 Å². The van der Waals surface area contributed by atoms with Gasteiger partial charge < -0.3 is 14.8 Å². The third-order valence-corrected chi connectivity index (χ3v) is 3.90. The van der Waals surface area contributed by atoms with E-state index >= 15 is 0 Å². The predicted octanol–water partition coefficient (Wildman–Crippen LogP) is 3.28. The molecule has 1 saturated heterocycles. The highest BCUT2D eigenvalue weighted by molar-refractivity contribution is 5.46. The van der Waals surface area contributed by atoms with E-state index in [1.54, 1.807) is 6.20 Å². The van der Waals surface area contributed by atoms with Crippen LogP contribution in [0.25, 0.3) is 0 Å². The van der Waals surface area contributed by atoms with E-state index < -0.39 is 17.8 Å². The van der Waals surface area contributed by atoms with Crippen LogP contribution < -0.4 is 5.32 Å². The van der Waals surface area contributed by atoms with Crippen molar-refractivity contribution in [1.29, 1.82) is 0 Å². The van der Waals surface area contributed by atoms with Crippen molar-refractivity contribution in [3.63, 3.8) is 0 Å². The van der Waals surface area contributed by atoms with Crippen LogP contribution in [0.5, 0.6) is 0 Å². The van der Waals surface area contributed by atoms with Gasteiger partial charge in [0.25, 0.3) is 0 Å². The highest BCUT2D eigenvalue weighted by Crippen LogP contribution is 2.34. The second kappa shape index (κ2) is 7.79. The molecule has 0 spiro atoms. The van der Waals surface area contributed by atoms with E-state index in [1.165, 1.54) is 12.3 Å². The monoisotopic (exact) mass is 353 g/mol. The van der Waals surface area contributed by atoms with E-state index in [-0.39, 0.29) is 25.1 Å². The normalized spacial score (nSPS) is 21.1. The third kappa shape index (κ3) is 4.67. The molecule has 0 unspecified atom stereocenters. The molecule has 0 aromatic carbocycles. The van der Waals surface area contributed by atoms with Crippen molar-refractivity contribution < 1.29 is 22.6 Å². The van der Waals surface area contributed by atoms with Gasteiger partial charge in [-0.2, -0.15) is 13.2 Å². The molecular weight excluding hydrogens is 335 g/mol. The highest BCUT2D eigenvalue weighted by atomic mass is 19.4. The van der Waals surface area contributed by atoms with Crippen molar-refractivity contribution in [3.05, 3.63) is 54.0 Å². The first-order valence-corrected chi connectivity index (χ1v) is 7.92. The van der Waals surface area contributed by atoms with Crippen LogP contribution in [0.3, 0.4) is 0 Å². The average molecular weight is 353 g/mol. The summed E-state index contributed by atoms with van der Waals surface area (Å²) in [4.78, 5) is 8.02. The Bertz CT molecular complexity index is 682. The molecule has 1 fully saturated rings. The van der Waals surface area contributed by atoms with Crippen molar-refractivity contribution in [2.75, 3.05) is 18.5 Å². The lowest BCUT2D eigenvalue weighted by molar-refractivity contribution is -0.137. The van der Waals surface area contributed by atoms with E-state index in [0.717, 1.165) is 11.8 Å². The van der Waals surface area contributed by atoms with Crippen LogP contribution in [0.1, 0.15) is 17.7 Å². The maximum atomic E-state index is 13.1. The first kappa shape index (κ1) is 17.6. The Balaban J connectivity index is 1.69. The molecule has 0 saturated carbocycles. The number of anilines is 1. The first-order chi connectivity index (χ1) is 12.0. The number of ether oxygens (including phenoxy) is 2. The second-order valence-electron chi connectivity index (χ2n) is 5.68. The summed E-state index contributed by atoms with van der Waals surface area (Å²) in [6.07, 6.45) is -1.19. The number of nitrogens with one attached hydrogen (secondary N) is 1. The topological polar surface area (TPSA) is 56.3 Å². The summed E-state index contributed by atoms with van der Waals surface area (Å²) in [5.41, 5.74) is -0.0365. The van der Waals surface area contributed by atoms with Gasteiger partial charge in [0.1, 0.15) is 5.82 Å². The van der Waals surface area contributed by atoms with E-state index in [9.17, 15) is 13.2 Å². The number of halogens is 3. The maximum absolute atomic E-state index is 13.1. The van der Waals surface area contributed by atoms with Gasteiger partial charge in [-0.15, -0.1) is 0 Å². The number of rotatable bonds is 5. The summed E-state index contributed by atoms with van der Waals surface area (Å²) in [6.45, 7) is 1.04. The fraction of sp³-hybridized carbons (Fsp3) is 0.412. The minimum absolute atomic E-state index is 0.211. The van der Waals surface area contributed by atoms with Gasteiger partial charge in [-0.3, -0.25) is 4.98 Å². The summed E-state index contributed by atoms with van der Waals surface area (Å²) < 4.78 is 50.6. The first-order valence-electron chi connectivity index (χ1n) is 7.92. The Labute approximate surface area is 143 Å². The fourth-order valence-electron chi connectivity index (χ4n) is 2.65. The number of aromatic nitrogens is 2. The summed E-state index contributed by atoms with van der Waals surface area (Å²) in [6, 6.07) is 7.34. The third-order valence-electron chi connectivity index (χ3n) is 3.90. The zero-order valence-electron chi connectivity index (χ0n) is 13.4. The Hall–Kier alpha value is -2.19. The molecule has 8 heteroatoms. The molecule has 0 bridgehead atoms. The van der Waals surface area contributed by atoms with Crippen molar-refractivity contribution in [3.8, 4) is 0 Å². The number of hydrogen-bond donors (Lipinski definition) is 1. The van der Waals surface area contributed by atoms with Crippen molar-refractivity contribution in [2.24, 2.45) is 0 Å². The minimum Gasteiger partial charge on any atom is -0.379 e. The van der Waals surface area contributed by atoms with Crippen molar-refractivity contribution >= 4 is 5.82 Å². The van der Waals surface area contributed by atoms with Gasteiger partial charge >= 0.3 is 6.18 Å². The quantitative estimate of drug-likeness (QED) is 0.894. The number of alkyl halides is 3. The minimum atomic E-state index is -4.48. The van der Waals surface area contributed by atoms with E-state index in [1.807, 2.05) is 18.2 Å². The lowest BCUT2D eigenvalue weighted by atomic mass is 10.1. The van der Waals surface area contributed by atoms with E-state index in [4.69, 9.17) is 9.47 Å². The molecule has 2 aromatic rings. The molecule has 25 heavy (non-hydrogen) atoms. The van der Waals surface area contributed by atoms with Crippen LogP contribution in [-0.2, 0) is 22.3 Å². The Kier molecular flexibility index (Phi) is 5.50. The summed E-state index contributed by atoms with van der Waals surface area (Å²) in [5, 5.41) is 2.84. The molecule has 3 heterocycles. The molecule has 1 N–H and O–H groups in total. The number of pyridine rings is 2. The zero-order chi connectivity index (χ0) is 17.7. The van der Waals surface area contributed by atoms with Crippen LogP contribution in [0.4, 0.5) is 19.0 Å². The van der Waals surface area contributed by atoms with Crippen molar-refractivity contribution in [1.82, 2.24) is 9.97 Å². The van der Waals surface area contributed by atoms with Crippen molar-refractivity contribution in [2.45, 2.75) is 31.3 Å². The van der Waals surface area contributed by atoms with Gasteiger partial charge in [0.15, 0.2) is 0 Å². The molecule has 1 aliphatic rings. The summed E-state index contributed by atoms with van der Waals surface area (Å²) >= 11 is 0. The molecule has 134 valence electrons.